The van der Waals surface area contributed by atoms with Crippen LogP contribution in [0.4, 0.5) is 10.5 Å². The Morgan fingerprint density at radius 3 is 2.59 bits per heavy atom. The molecule has 0 bridgehead atoms. The molecule has 0 radical (unpaired) electrons. The molecule has 3 aliphatic rings. The van der Waals surface area contributed by atoms with Crippen molar-refractivity contribution >= 4 is 17.6 Å². The molecular formula is C21H29N3O3. The van der Waals surface area contributed by atoms with Crippen LogP contribution >= 0.6 is 0 Å². The number of fused-ring (bicyclic) bond motifs is 3. The van der Waals surface area contributed by atoms with Crippen LogP contribution in [0.25, 0.3) is 0 Å². The van der Waals surface area contributed by atoms with Crippen LogP contribution in [0.2, 0.25) is 0 Å². The Balaban J connectivity index is 1.65. The van der Waals surface area contributed by atoms with Gasteiger partial charge in [-0.25, -0.2) is 4.79 Å². The standard InChI is InChI=1S/C21H29N3O3/c1-13(2)22-21(27)23-11-17-19(15-9-5-6-10-16(15)23)18(12-25)24(17)20(26)14-7-3-4-8-14/h5-6,9-10,13-14,17-19,25H,3-4,7-8,11-12H2,1-2H3,(H,22,27)/t17-,18+,19+/m0/s1. The van der Waals surface area contributed by atoms with E-state index in [1.807, 2.05) is 43.0 Å². The highest BCUT2D eigenvalue weighted by Gasteiger charge is 2.56. The molecule has 2 heterocycles. The first kappa shape index (κ1) is 18.3. The second-order valence-electron chi connectivity index (χ2n) is 8.34. The van der Waals surface area contributed by atoms with Gasteiger partial charge < -0.3 is 15.3 Å². The maximum atomic E-state index is 13.1. The Kier molecular flexibility index (Phi) is 4.84. The second-order valence-corrected chi connectivity index (χ2v) is 8.34. The van der Waals surface area contributed by atoms with E-state index < -0.39 is 0 Å². The summed E-state index contributed by atoms with van der Waals surface area (Å²) in [5.74, 6) is 0.339. The van der Waals surface area contributed by atoms with E-state index in [0.29, 0.717) is 6.54 Å². The molecule has 6 heteroatoms. The van der Waals surface area contributed by atoms with E-state index in [9.17, 15) is 14.7 Å². The zero-order chi connectivity index (χ0) is 19.1. The van der Waals surface area contributed by atoms with Crippen molar-refractivity contribution in [2.24, 2.45) is 5.92 Å². The summed E-state index contributed by atoms with van der Waals surface area (Å²) < 4.78 is 0. The molecular weight excluding hydrogens is 342 g/mol. The number of urea groups is 1. The Morgan fingerprint density at radius 1 is 1.22 bits per heavy atom. The average molecular weight is 371 g/mol. The van der Waals surface area contributed by atoms with Crippen molar-refractivity contribution in [2.75, 3.05) is 18.1 Å². The van der Waals surface area contributed by atoms with Gasteiger partial charge in [-0.1, -0.05) is 31.0 Å². The van der Waals surface area contributed by atoms with Crippen LogP contribution in [0.5, 0.6) is 0 Å². The molecule has 1 aromatic carbocycles. The van der Waals surface area contributed by atoms with Gasteiger partial charge >= 0.3 is 6.03 Å². The number of anilines is 1. The normalized spacial score (nSPS) is 27.2. The van der Waals surface area contributed by atoms with E-state index in [4.69, 9.17) is 0 Å². The number of carbonyl (C=O) groups excluding carboxylic acids is 2. The van der Waals surface area contributed by atoms with Crippen molar-refractivity contribution in [1.29, 1.82) is 0 Å². The van der Waals surface area contributed by atoms with E-state index in [1.54, 1.807) is 4.90 Å². The molecule has 0 spiro atoms. The van der Waals surface area contributed by atoms with Gasteiger partial charge in [0.15, 0.2) is 0 Å². The molecule has 2 aliphatic heterocycles. The number of nitrogens with one attached hydrogen (secondary N) is 1. The lowest BCUT2D eigenvalue weighted by molar-refractivity contribution is -0.154. The Hall–Kier alpha value is -2.08. The SMILES string of the molecule is CC(C)NC(=O)N1C[C@H]2[C@@H](c3ccccc31)[C@@H](CO)N2C(=O)C1CCCC1. The number of aliphatic hydroxyl groups is 1. The number of benzene rings is 1. The summed E-state index contributed by atoms with van der Waals surface area (Å²) in [6, 6.07) is 7.58. The highest BCUT2D eigenvalue weighted by Crippen LogP contribution is 2.49. The molecule has 27 heavy (non-hydrogen) atoms. The number of hydrogen-bond acceptors (Lipinski definition) is 3. The van der Waals surface area contributed by atoms with E-state index >= 15 is 0 Å². The van der Waals surface area contributed by atoms with Gasteiger partial charge in [0.1, 0.15) is 0 Å². The zero-order valence-corrected chi connectivity index (χ0v) is 16.1. The van der Waals surface area contributed by atoms with Crippen LogP contribution in [-0.2, 0) is 4.79 Å². The lowest BCUT2D eigenvalue weighted by atomic mass is 9.71. The third-order valence-electron chi connectivity index (χ3n) is 6.30. The molecule has 1 aliphatic carbocycles. The van der Waals surface area contributed by atoms with Crippen molar-refractivity contribution < 1.29 is 14.7 Å². The summed E-state index contributed by atoms with van der Waals surface area (Å²) in [5.41, 5.74) is 1.95. The molecule has 2 fully saturated rings. The smallest absolute Gasteiger partial charge is 0.322 e. The van der Waals surface area contributed by atoms with Crippen LogP contribution in [-0.4, -0.2) is 53.2 Å². The predicted octanol–water partition coefficient (Wildman–Crippen LogP) is 2.47. The van der Waals surface area contributed by atoms with Gasteiger partial charge in [-0.15, -0.1) is 0 Å². The summed E-state index contributed by atoms with van der Waals surface area (Å²) >= 11 is 0. The number of carbonyl (C=O) groups is 2. The number of likely N-dealkylation sites (tertiary alicyclic amines) is 1. The Morgan fingerprint density at radius 2 is 1.93 bits per heavy atom. The molecule has 1 saturated heterocycles. The van der Waals surface area contributed by atoms with Gasteiger partial charge in [0.25, 0.3) is 0 Å². The molecule has 0 aromatic heterocycles. The van der Waals surface area contributed by atoms with Crippen molar-refractivity contribution in [3.05, 3.63) is 29.8 Å². The predicted molar refractivity (Wildman–Crippen MR) is 104 cm³/mol. The van der Waals surface area contributed by atoms with E-state index in [0.717, 1.165) is 36.9 Å². The van der Waals surface area contributed by atoms with E-state index in [1.165, 1.54) is 0 Å². The number of para-hydroxylation sites is 1. The molecule has 3 amide bonds. The highest BCUT2D eigenvalue weighted by molar-refractivity contribution is 5.94. The third kappa shape index (κ3) is 3.00. The first-order chi connectivity index (χ1) is 13.0. The van der Waals surface area contributed by atoms with Gasteiger partial charge in [0.2, 0.25) is 5.91 Å². The van der Waals surface area contributed by atoms with E-state index in [-0.39, 0.29) is 48.5 Å². The third-order valence-corrected chi connectivity index (χ3v) is 6.30. The maximum Gasteiger partial charge on any atom is 0.322 e. The van der Waals surface area contributed by atoms with Crippen LogP contribution in [0.1, 0.15) is 51.0 Å². The first-order valence-electron chi connectivity index (χ1n) is 10.1. The van der Waals surface area contributed by atoms with Crippen molar-refractivity contribution in [3.8, 4) is 0 Å². The molecule has 146 valence electrons. The lowest BCUT2D eigenvalue weighted by Crippen LogP contribution is -2.71. The van der Waals surface area contributed by atoms with Crippen LogP contribution in [0.3, 0.4) is 0 Å². The van der Waals surface area contributed by atoms with Crippen LogP contribution in [0.15, 0.2) is 24.3 Å². The first-order valence-corrected chi connectivity index (χ1v) is 10.1. The summed E-state index contributed by atoms with van der Waals surface area (Å²) in [5, 5.41) is 13.0. The van der Waals surface area contributed by atoms with Gasteiger partial charge in [0.05, 0.1) is 18.7 Å². The minimum Gasteiger partial charge on any atom is -0.394 e. The fourth-order valence-corrected chi connectivity index (χ4v) is 5.09. The monoisotopic (exact) mass is 371 g/mol. The summed E-state index contributed by atoms with van der Waals surface area (Å²) in [4.78, 5) is 29.6. The van der Waals surface area contributed by atoms with Gasteiger partial charge in [0, 0.05) is 30.1 Å². The Labute approximate surface area is 160 Å². The zero-order valence-electron chi connectivity index (χ0n) is 16.1. The van der Waals surface area contributed by atoms with Gasteiger partial charge in [-0.3, -0.25) is 9.69 Å². The molecule has 3 atom stereocenters. The van der Waals surface area contributed by atoms with Crippen molar-refractivity contribution in [2.45, 2.75) is 63.6 Å². The van der Waals surface area contributed by atoms with Gasteiger partial charge in [-0.05, 0) is 38.3 Å². The minimum absolute atomic E-state index is 0.0356. The fourth-order valence-electron chi connectivity index (χ4n) is 5.09. The topological polar surface area (TPSA) is 72.9 Å². The number of aliphatic hydroxyl groups excluding tert-OH is 1. The number of nitrogens with zero attached hydrogens (tertiary/aromatic N) is 2. The second kappa shape index (κ2) is 7.15. The molecule has 0 unspecified atom stereocenters. The van der Waals surface area contributed by atoms with Crippen LogP contribution in [0, 0.1) is 5.92 Å². The molecule has 4 rings (SSSR count). The summed E-state index contributed by atoms with van der Waals surface area (Å²) in [7, 11) is 0. The Bertz CT molecular complexity index is 729. The lowest BCUT2D eigenvalue weighted by Gasteiger charge is -2.59. The maximum absolute atomic E-state index is 13.1. The summed E-state index contributed by atoms with van der Waals surface area (Å²) in [6.45, 7) is 4.33. The van der Waals surface area contributed by atoms with Crippen molar-refractivity contribution in [1.82, 2.24) is 10.2 Å². The van der Waals surface area contributed by atoms with Crippen molar-refractivity contribution in [3.63, 3.8) is 0 Å². The minimum atomic E-state index is -0.181. The number of rotatable bonds is 3. The molecule has 2 N–H and O–H groups in total. The molecule has 1 aromatic rings. The highest BCUT2D eigenvalue weighted by atomic mass is 16.3. The quantitative estimate of drug-likeness (QED) is 0.857. The average Bonchev–Trinajstić information content (AvgIpc) is 3.16. The number of hydrogen-bond donors (Lipinski definition) is 2. The van der Waals surface area contributed by atoms with Gasteiger partial charge in [-0.2, -0.15) is 0 Å². The number of amides is 3. The fraction of sp³-hybridized carbons (Fsp3) is 0.619. The van der Waals surface area contributed by atoms with E-state index in [2.05, 4.69) is 5.32 Å². The summed E-state index contributed by atoms with van der Waals surface area (Å²) in [6.07, 6.45) is 4.10. The molecule has 1 saturated carbocycles. The largest absolute Gasteiger partial charge is 0.394 e. The molecule has 6 nitrogen and oxygen atoms in total. The van der Waals surface area contributed by atoms with Crippen LogP contribution < -0.4 is 10.2 Å².